The normalized spacial score (nSPS) is 17.6. The summed E-state index contributed by atoms with van der Waals surface area (Å²) in [6.45, 7) is 0. The van der Waals surface area contributed by atoms with E-state index < -0.39 is 5.60 Å². The van der Waals surface area contributed by atoms with Crippen molar-refractivity contribution in [1.29, 1.82) is 0 Å². The summed E-state index contributed by atoms with van der Waals surface area (Å²) in [5.74, 6) is 0.667. The fraction of sp³-hybridized carbons (Fsp3) is 0.0870. The molecule has 2 N–H and O–H groups in total. The minimum absolute atomic E-state index is 0.158. The first-order chi connectivity index (χ1) is 13.1. The molecule has 0 saturated carbocycles. The molecule has 1 heterocycles. The Kier molecular flexibility index (Phi) is 3.27. The predicted molar refractivity (Wildman–Crippen MR) is 105 cm³/mol. The highest BCUT2D eigenvalue weighted by Crippen LogP contribution is 2.52. The smallest absolute Gasteiger partial charge is 0.256 e. The summed E-state index contributed by atoms with van der Waals surface area (Å²) in [4.78, 5) is 15.6. The largest absolute Gasteiger partial charge is 0.497 e. The number of methoxy groups -OCH3 is 1. The van der Waals surface area contributed by atoms with E-state index in [0.717, 1.165) is 16.5 Å². The average Bonchev–Trinajstić information content (AvgIpc) is 2.98. The van der Waals surface area contributed by atoms with Gasteiger partial charge in [-0.1, -0.05) is 54.6 Å². The van der Waals surface area contributed by atoms with Crippen molar-refractivity contribution in [1.82, 2.24) is 4.98 Å². The van der Waals surface area contributed by atoms with Crippen LogP contribution in [0.25, 0.3) is 22.0 Å². The molecule has 1 unspecified atom stereocenters. The third-order valence-corrected chi connectivity index (χ3v) is 5.37. The monoisotopic (exact) mass is 355 g/mol. The van der Waals surface area contributed by atoms with Gasteiger partial charge in [0, 0.05) is 22.1 Å². The quantitative estimate of drug-likeness (QED) is 0.575. The maximum Gasteiger partial charge on any atom is 0.256 e. The van der Waals surface area contributed by atoms with Gasteiger partial charge in [-0.05, 0) is 29.1 Å². The lowest BCUT2D eigenvalue weighted by Gasteiger charge is -2.27. The molecule has 0 radical (unpaired) electrons. The zero-order chi connectivity index (χ0) is 18.6. The number of aliphatic hydroxyl groups is 1. The van der Waals surface area contributed by atoms with Crippen LogP contribution in [0.1, 0.15) is 16.7 Å². The van der Waals surface area contributed by atoms with Crippen LogP contribution in [-0.4, -0.2) is 17.2 Å². The van der Waals surface area contributed by atoms with Crippen LogP contribution in [0.4, 0.5) is 0 Å². The van der Waals surface area contributed by atoms with E-state index in [2.05, 4.69) is 4.98 Å². The number of fused-ring (bicyclic) bond motifs is 5. The third kappa shape index (κ3) is 2.04. The van der Waals surface area contributed by atoms with Crippen molar-refractivity contribution in [3.63, 3.8) is 0 Å². The van der Waals surface area contributed by atoms with E-state index in [9.17, 15) is 9.90 Å². The van der Waals surface area contributed by atoms with E-state index in [-0.39, 0.29) is 5.56 Å². The van der Waals surface area contributed by atoms with E-state index in [1.165, 1.54) is 0 Å². The van der Waals surface area contributed by atoms with Gasteiger partial charge in [-0.2, -0.15) is 0 Å². The average molecular weight is 355 g/mol. The number of H-pyrrole nitrogens is 1. The number of pyridine rings is 1. The van der Waals surface area contributed by atoms with E-state index in [0.29, 0.717) is 28.0 Å². The maximum atomic E-state index is 12.6. The molecule has 0 fully saturated rings. The van der Waals surface area contributed by atoms with Crippen molar-refractivity contribution < 1.29 is 9.84 Å². The summed E-state index contributed by atoms with van der Waals surface area (Å²) in [7, 11) is 1.60. The highest BCUT2D eigenvalue weighted by atomic mass is 16.5. The number of nitrogens with one attached hydrogen (secondary N) is 1. The summed E-state index contributed by atoms with van der Waals surface area (Å²) < 4.78 is 5.37. The van der Waals surface area contributed by atoms with Crippen LogP contribution < -0.4 is 10.3 Å². The molecule has 0 amide bonds. The number of aromatic nitrogens is 1. The molecule has 4 aromatic rings. The van der Waals surface area contributed by atoms with Gasteiger partial charge in [0.1, 0.15) is 11.4 Å². The third-order valence-electron chi connectivity index (χ3n) is 5.37. The van der Waals surface area contributed by atoms with Gasteiger partial charge in [0.25, 0.3) is 5.56 Å². The molecule has 1 aliphatic carbocycles. The molecule has 3 aromatic carbocycles. The number of aromatic amines is 1. The summed E-state index contributed by atoms with van der Waals surface area (Å²) in [6, 6.07) is 22.5. The molecule has 27 heavy (non-hydrogen) atoms. The fourth-order valence-corrected chi connectivity index (χ4v) is 4.15. The van der Waals surface area contributed by atoms with Gasteiger partial charge < -0.3 is 14.8 Å². The summed E-state index contributed by atoms with van der Waals surface area (Å²) in [6.07, 6.45) is 0. The zero-order valence-corrected chi connectivity index (χ0v) is 14.7. The standard InChI is InChI=1S/C23H17NO3/c1-27-15-8-6-7-14(13-15)23(26)19-12-5-4-11-18(19)21-20(23)16-9-2-3-10-17(16)22(25)24-21/h2-13,26H,1H3,(H,24,25). The molecule has 5 rings (SSSR count). The molecule has 4 nitrogen and oxygen atoms in total. The Labute approximate surface area is 155 Å². The van der Waals surface area contributed by atoms with Crippen molar-refractivity contribution in [3.8, 4) is 17.0 Å². The van der Waals surface area contributed by atoms with Crippen molar-refractivity contribution in [2.45, 2.75) is 5.60 Å². The second-order valence-electron chi connectivity index (χ2n) is 6.74. The van der Waals surface area contributed by atoms with Gasteiger partial charge in [0.15, 0.2) is 0 Å². The molecular weight excluding hydrogens is 338 g/mol. The Morgan fingerprint density at radius 3 is 2.48 bits per heavy atom. The van der Waals surface area contributed by atoms with Crippen LogP contribution in [0.5, 0.6) is 5.75 Å². The van der Waals surface area contributed by atoms with E-state index in [1.807, 2.05) is 66.7 Å². The van der Waals surface area contributed by atoms with Gasteiger partial charge in [0.2, 0.25) is 0 Å². The van der Waals surface area contributed by atoms with E-state index >= 15 is 0 Å². The molecule has 0 spiro atoms. The molecule has 0 saturated heterocycles. The Morgan fingerprint density at radius 1 is 0.926 bits per heavy atom. The van der Waals surface area contributed by atoms with Gasteiger partial charge in [-0.3, -0.25) is 4.79 Å². The first-order valence-corrected chi connectivity index (χ1v) is 8.77. The van der Waals surface area contributed by atoms with Crippen molar-refractivity contribution in [2.24, 2.45) is 0 Å². The molecule has 4 heteroatoms. The zero-order valence-electron chi connectivity index (χ0n) is 14.7. The predicted octanol–water partition coefficient (Wildman–Crippen LogP) is 3.80. The minimum atomic E-state index is -1.38. The van der Waals surface area contributed by atoms with Crippen LogP contribution >= 0.6 is 0 Å². The molecule has 1 aromatic heterocycles. The SMILES string of the molecule is COc1cccc(C2(O)c3ccccc3-c3[nH]c(=O)c4ccccc4c32)c1. The summed E-state index contributed by atoms with van der Waals surface area (Å²) in [5, 5.41) is 13.4. The molecule has 1 aliphatic rings. The maximum absolute atomic E-state index is 12.6. The lowest BCUT2D eigenvalue weighted by atomic mass is 9.82. The Bertz CT molecular complexity index is 1260. The Morgan fingerprint density at radius 2 is 1.67 bits per heavy atom. The Hall–Kier alpha value is -3.37. The highest BCUT2D eigenvalue weighted by molar-refractivity contribution is 5.95. The van der Waals surface area contributed by atoms with E-state index in [4.69, 9.17) is 4.74 Å². The Balaban J connectivity index is 1.96. The lowest BCUT2D eigenvalue weighted by Crippen LogP contribution is -2.27. The van der Waals surface area contributed by atoms with Crippen LogP contribution in [0.3, 0.4) is 0 Å². The van der Waals surface area contributed by atoms with Crippen LogP contribution in [-0.2, 0) is 5.60 Å². The first kappa shape index (κ1) is 15.9. The summed E-state index contributed by atoms with van der Waals surface area (Å²) >= 11 is 0. The van der Waals surface area contributed by atoms with Gasteiger partial charge >= 0.3 is 0 Å². The fourth-order valence-electron chi connectivity index (χ4n) is 4.15. The van der Waals surface area contributed by atoms with Gasteiger partial charge in [0.05, 0.1) is 12.8 Å². The van der Waals surface area contributed by atoms with Crippen LogP contribution in [0, 0.1) is 0 Å². The van der Waals surface area contributed by atoms with Gasteiger partial charge in [-0.15, -0.1) is 0 Å². The van der Waals surface area contributed by atoms with Crippen molar-refractivity contribution >= 4 is 10.8 Å². The molecule has 0 aliphatic heterocycles. The highest BCUT2D eigenvalue weighted by Gasteiger charge is 2.45. The number of rotatable bonds is 2. The van der Waals surface area contributed by atoms with Crippen molar-refractivity contribution in [2.75, 3.05) is 7.11 Å². The lowest BCUT2D eigenvalue weighted by molar-refractivity contribution is 0.132. The van der Waals surface area contributed by atoms with Crippen LogP contribution in [0.15, 0.2) is 77.6 Å². The van der Waals surface area contributed by atoms with Crippen LogP contribution in [0.2, 0.25) is 0 Å². The number of hydrogen-bond donors (Lipinski definition) is 2. The molecule has 1 atom stereocenters. The first-order valence-electron chi connectivity index (χ1n) is 8.77. The summed E-state index contributed by atoms with van der Waals surface area (Å²) in [5.41, 5.74) is 2.11. The van der Waals surface area contributed by atoms with E-state index in [1.54, 1.807) is 13.2 Å². The molecule has 132 valence electrons. The number of ether oxygens (including phenoxy) is 1. The second kappa shape index (κ2) is 5.56. The second-order valence-corrected chi connectivity index (χ2v) is 6.74. The number of benzene rings is 3. The topological polar surface area (TPSA) is 62.3 Å². The minimum Gasteiger partial charge on any atom is -0.497 e. The molecule has 0 bridgehead atoms. The number of hydrogen-bond acceptors (Lipinski definition) is 3. The molecular formula is C23H17NO3. The van der Waals surface area contributed by atoms with Crippen molar-refractivity contribution in [3.05, 3.63) is 99.8 Å². The van der Waals surface area contributed by atoms with Gasteiger partial charge in [-0.25, -0.2) is 0 Å².